The lowest BCUT2D eigenvalue weighted by Gasteiger charge is -2.33. The van der Waals surface area contributed by atoms with Gasteiger partial charge in [0.1, 0.15) is 12.2 Å². The molecule has 1 aromatic carbocycles. The van der Waals surface area contributed by atoms with Crippen molar-refractivity contribution in [1.29, 1.82) is 0 Å². The van der Waals surface area contributed by atoms with E-state index in [4.69, 9.17) is 9.47 Å². The Hall–Kier alpha value is -3.28. The molecule has 3 aliphatic rings. The number of hydrogen-bond acceptors (Lipinski definition) is 7. The van der Waals surface area contributed by atoms with Gasteiger partial charge in [0.25, 0.3) is 10.0 Å². The first-order valence-electron chi connectivity index (χ1n) is 12.6. The zero-order chi connectivity index (χ0) is 26.5. The van der Waals surface area contributed by atoms with Crippen molar-refractivity contribution in [1.82, 2.24) is 19.4 Å². The van der Waals surface area contributed by atoms with Gasteiger partial charge in [0.2, 0.25) is 5.88 Å². The van der Waals surface area contributed by atoms with E-state index < -0.39 is 33.8 Å². The van der Waals surface area contributed by atoms with E-state index >= 15 is 0 Å². The molecule has 0 saturated heterocycles. The highest BCUT2D eigenvalue weighted by atomic mass is 32.2. The number of aryl methyl sites for hydroxylation is 2. The summed E-state index contributed by atoms with van der Waals surface area (Å²) >= 11 is 0. The van der Waals surface area contributed by atoms with E-state index in [0.29, 0.717) is 0 Å². The van der Waals surface area contributed by atoms with Crippen molar-refractivity contribution < 1.29 is 27.5 Å². The number of nitrogens with zero attached hydrogens (tertiary/aromatic N) is 3. The quantitative estimate of drug-likeness (QED) is 0.620. The second-order valence-corrected chi connectivity index (χ2v) is 12.5. The van der Waals surface area contributed by atoms with Gasteiger partial charge in [0.15, 0.2) is 4.90 Å². The van der Waals surface area contributed by atoms with E-state index in [1.807, 2.05) is 0 Å². The maximum Gasteiger partial charge on any atom is 0.410 e. The van der Waals surface area contributed by atoms with Gasteiger partial charge in [0, 0.05) is 12.7 Å². The number of benzene rings is 1. The van der Waals surface area contributed by atoms with Crippen LogP contribution in [0.4, 0.5) is 15.3 Å². The maximum atomic E-state index is 13.1. The molecule has 0 radical (unpaired) electrons. The number of urea groups is 1. The summed E-state index contributed by atoms with van der Waals surface area (Å²) in [5.41, 5.74) is 4.81. The van der Waals surface area contributed by atoms with Crippen molar-refractivity contribution in [3.8, 4) is 5.88 Å². The summed E-state index contributed by atoms with van der Waals surface area (Å²) in [6.07, 6.45) is 6.37. The molecule has 1 aliphatic heterocycles. The van der Waals surface area contributed by atoms with E-state index in [0.717, 1.165) is 61.5 Å². The van der Waals surface area contributed by atoms with Crippen LogP contribution in [0.3, 0.4) is 0 Å². The van der Waals surface area contributed by atoms with Crippen LogP contribution in [0.1, 0.15) is 55.9 Å². The molecular formula is C25H33N5O6S. The molecule has 2 aromatic rings. The van der Waals surface area contributed by atoms with Gasteiger partial charge in [-0.3, -0.25) is 0 Å². The zero-order valence-electron chi connectivity index (χ0n) is 21.6. The fraction of sp³-hybridized carbons (Fsp3) is 0.560. The van der Waals surface area contributed by atoms with E-state index in [2.05, 4.69) is 21.2 Å². The van der Waals surface area contributed by atoms with Crippen molar-refractivity contribution in [2.24, 2.45) is 0 Å². The average Bonchev–Trinajstić information content (AvgIpc) is 3.55. The molecule has 2 heterocycles. The summed E-state index contributed by atoms with van der Waals surface area (Å²) in [4.78, 5) is 26.5. The van der Waals surface area contributed by atoms with Crippen LogP contribution < -0.4 is 14.8 Å². The first kappa shape index (κ1) is 25.4. The number of sulfonamides is 1. The number of rotatable bonds is 4. The Bertz CT molecular complexity index is 1330. The number of amides is 3. The first-order chi connectivity index (χ1) is 17.4. The van der Waals surface area contributed by atoms with Gasteiger partial charge in [0.05, 0.1) is 18.8 Å². The molecule has 0 bridgehead atoms. The van der Waals surface area contributed by atoms with E-state index in [1.54, 1.807) is 27.8 Å². The average molecular weight is 532 g/mol. The fourth-order valence-electron chi connectivity index (χ4n) is 5.24. The molecule has 2 aliphatic carbocycles. The molecule has 200 valence electrons. The van der Waals surface area contributed by atoms with Crippen LogP contribution in [-0.2, 0) is 47.0 Å². The molecule has 12 heteroatoms. The fourth-order valence-corrected chi connectivity index (χ4v) is 6.23. The largest absolute Gasteiger partial charge is 0.475 e. The van der Waals surface area contributed by atoms with E-state index in [-0.39, 0.29) is 23.9 Å². The van der Waals surface area contributed by atoms with Crippen molar-refractivity contribution in [3.63, 3.8) is 0 Å². The SMILES string of the molecule is CN(C(=O)OC(C)(C)C)C1COc2c(S(=O)(=O)NC(=O)Nc3c4c(cc5c3CCC5)CCC4)cnn2C1. The monoisotopic (exact) mass is 531 g/mol. The van der Waals surface area contributed by atoms with Gasteiger partial charge >= 0.3 is 12.1 Å². The van der Waals surface area contributed by atoms with Gasteiger partial charge in [-0.05, 0) is 81.5 Å². The maximum absolute atomic E-state index is 13.1. The Morgan fingerprint density at radius 1 is 1.14 bits per heavy atom. The molecule has 5 rings (SSSR count). The lowest BCUT2D eigenvalue weighted by atomic mass is 9.99. The van der Waals surface area contributed by atoms with Gasteiger partial charge < -0.3 is 19.7 Å². The molecule has 37 heavy (non-hydrogen) atoms. The van der Waals surface area contributed by atoms with Crippen LogP contribution in [0.15, 0.2) is 17.2 Å². The van der Waals surface area contributed by atoms with Gasteiger partial charge in [-0.15, -0.1) is 0 Å². The summed E-state index contributed by atoms with van der Waals surface area (Å²) in [6.45, 7) is 5.61. The van der Waals surface area contributed by atoms with Crippen LogP contribution in [0.25, 0.3) is 0 Å². The van der Waals surface area contributed by atoms with E-state index in [1.165, 1.54) is 20.7 Å². The Morgan fingerprint density at radius 3 is 2.41 bits per heavy atom. The molecular weight excluding hydrogens is 498 g/mol. The van der Waals surface area contributed by atoms with Gasteiger partial charge in [-0.2, -0.15) is 5.10 Å². The number of likely N-dealkylation sites (N-methyl/N-ethyl adjacent to an activating group) is 1. The summed E-state index contributed by atoms with van der Waals surface area (Å²) in [5.74, 6) is 0.0237. The molecule has 1 aromatic heterocycles. The number of hydrogen-bond donors (Lipinski definition) is 2. The van der Waals surface area contributed by atoms with Crippen molar-refractivity contribution in [3.05, 3.63) is 34.5 Å². The zero-order valence-corrected chi connectivity index (χ0v) is 22.4. The summed E-state index contributed by atoms with van der Waals surface area (Å²) in [7, 11) is -2.67. The smallest absolute Gasteiger partial charge is 0.410 e. The molecule has 0 spiro atoms. The Balaban J connectivity index is 1.29. The molecule has 0 fully saturated rings. The highest BCUT2D eigenvalue weighted by Crippen LogP contribution is 2.38. The Morgan fingerprint density at radius 2 is 1.78 bits per heavy atom. The topological polar surface area (TPSA) is 132 Å². The number of nitrogens with one attached hydrogen (secondary N) is 2. The molecule has 1 atom stereocenters. The molecule has 2 N–H and O–H groups in total. The molecule has 3 amide bonds. The number of aromatic nitrogens is 2. The standard InChI is InChI=1S/C25H33N5O6S/c1-25(2,3)36-24(32)29(4)17-13-30-22(35-14-17)20(12-26-30)37(33,34)28-23(31)27-21-18-9-5-7-15(18)11-16-8-6-10-19(16)21/h11-12,17H,5-10,13-14H2,1-4H3,(H2,27,28,31). The van der Waals surface area contributed by atoms with Crippen molar-refractivity contribution >= 4 is 27.8 Å². The number of ether oxygens (including phenoxy) is 2. The minimum Gasteiger partial charge on any atom is -0.475 e. The summed E-state index contributed by atoms with van der Waals surface area (Å²) in [5, 5.41) is 6.98. The van der Waals surface area contributed by atoms with Crippen LogP contribution >= 0.6 is 0 Å². The third-order valence-electron chi connectivity index (χ3n) is 7.01. The molecule has 11 nitrogen and oxygen atoms in total. The van der Waals surface area contributed by atoms with Crippen LogP contribution in [0, 0.1) is 0 Å². The lowest BCUT2D eigenvalue weighted by Crippen LogP contribution is -2.47. The van der Waals surface area contributed by atoms with Crippen LogP contribution in [0.5, 0.6) is 5.88 Å². The van der Waals surface area contributed by atoms with Gasteiger partial charge in [-0.25, -0.2) is 27.4 Å². The Labute approximate surface area is 216 Å². The molecule has 1 unspecified atom stereocenters. The summed E-state index contributed by atoms with van der Waals surface area (Å²) in [6, 6.07) is 1.03. The Kier molecular flexibility index (Phi) is 6.33. The second kappa shape index (κ2) is 9.23. The third-order valence-corrected chi connectivity index (χ3v) is 8.33. The van der Waals surface area contributed by atoms with Gasteiger partial charge in [-0.1, -0.05) is 6.07 Å². The number of anilines is 1. The normalized spacial score (nSPS) is 18.3. The lowest BCUT2D eigenvalue weighted by molar-refractivity contribution is 0.0101. The van der Waals surface area contributed by atoms with Crippen LogP contribution in [0.2, 0.25) is 0 Å². The first-order valence-corrected chi connectivity index (χ1v) is 14.1. The summed E-state index contributed by atoms with van der Waals surface area (Å²) < 4.78 is 40.9. The third kappa shape index (κ3) is 4.98. The van der Waals surface area contributed by atoms with Crippen molar-refractivity contribution in [2.75, 3.05) is 19.0 Å². The van der Waals surface area contributed by atoms with E-state index in [9.17, 15) is 18.0 Å². The van der Waals surface area contributed by atoms with Crippen LogP contribution in [-0.4, -0.2) is 60.5 Å². The number of fused-ring (bicyclic) bond motifs is 3. The minimum atomic E-state index is -4.26. The number of carbonyl (C=O) groups is 2. The predicted molar refractivity (Wildman–Crippen MR) is 135 cm³/mol. The number of carbonyl (C=O) groups excluding carboxylic acids is 2. The highest BCUT2D eigenvalue weighted by Gasteiger charge is 2.35. The minimum absolute atomic E-state index is 0.0237. The van der Waals surface area contributed by atoms with Crippen molar-refractivity contribution in [2.45, 2.75) is 82.4 Å². The second-order valence-electron chi connectivity index (χ2n) is 10.8. The highest BCUT2D eigenvalue weighted by molar-refractivity contribution is 7.90. The molecule has 0 saturated carbocycles. The predicted octanol–water partition coefficient (Wildman–Crippen LogP) is 3.00.